The number of benzene rings is 2. The Morgan fingerprint density at radius 2 is 1.62 bits per heavy atom. The summed E-state index contributed by atoms with van der Waals surface area (Å²) in [4.78, 5) is 38.1. The van der Waals surface area contributed by atoms with E-state index in [0.717, 1.165) is 28.7 Å². The molecule has 0 fully saturated rings. The zero-order valence-corrected chi connectivity index (χ0v) is 20.0. The lowest BCUT2D eigenvalue weighted by molar-refractivity contribution is -0.137. The van der Waals surface area contributed by atoms with Crippen LogP contribution < -0.4 is 5.32 Å². The fourth-order valence-electron chi connectivity index (χ4n) is 4.55. The van der Waals surface area contributed by atoms with Crippen molar-refractivity contribution >= 4 is 18.0 Å². The Labute approximate surface area is 201 Å². The van der Waals surface area contributed by atoms with Crippen molar-refractivity contribution in [2.45, 2.75) is 57.9 Å². The highest BCUT2D eigenvalue weighted by Gasteiger charge is 2.30. The standard InChI is InChI=1S/C27H34N2O5/c1-3-11-24(26(32)29(4-2)17-10-9-16-25(30)31)28-27(33)34-18-23-21-14-7-5-12-19(21)20-13-6-8-15-22(20)23/h5-8,12-15,23-24H,3-4,9-11,16-18H2,1-2H3,(H,28,33)(H,30,31). The maximum Gasteiger partial charge on any atom is 0.407 e. The number of nitrogens with one attached hydrogen (secondary N) is 1. The first-order chi connectivity index (χ1) is 16.5. The normalized spacial score (nSPS) is 13.0. The summed E-state index contributed by atoms with van der Waals surface area (Å²) in [6.45, 7) is 5.00. The molecule has 182 valence electrons. The average molecular weight is 467 g/mol. The number of ether oxygens (including phenoxy) is 1. The molecule has 1 atom stereocenters. The van der Waals surface area contributed by atoms with Crippen LogP contribution in [0.1, 0.15) is 63.0 Å². The number of carboxylic acids is 1. The molecular formula is C27H34N2O5. The molecule has 34 heavy (non-hydrogen) atoms. The monoisotopic (exact) mass is 466 g/mol. The first kappa shape index (κ1) is 25.3. The number of carbonyl (C=O) groups excluding carboxylic acids is 2. The number of aliphatic carboxylic acids is 1. The van der Waals surface area contributed by atoms with Crippen LogP contribution >= 0.6 is 0 Å². The summed E-state index contributed by atoms with van der Waals surface area (Å²) < 4.78 is 5.62. The summed E-state index contributed by atoms with van der Waals surface area (Å²) in [7, 11) is 0. The molecule has 1 aliphatic rings. The molecule has 7 nitrogen and oxygen atoms in total. The molecular weight excluding hydrogens is 432 g/mol. The van der Waals surface area contributed by atoms with E-state index in [9.17, 15) is 14.4 Å². The van der Waals surface area contributed by atoms with Crippen LogP contribution in [0, 0.1) is 0 Å². The number of carbonyl (C=O) groups is 3. The van der Waals surface area contributed by atoms with Crippen molar-refractivity contribution in [1.82, 2.24) is 10.2 Å². The Hall–Kier alpha value is -3.35. The molecule has 0 saturated carbocycles. The number of hydrogen-bond donors (Lipinski definition) is 2. The Morgan fingerprint density at radius 1 is 1.00 bits per heavy atom. The van der Waals surface area contributed by atoms with Crippen molar-refractivity contribution in [2.24, 2.45) is 0 Å². The van der Waals surface area contributed by atoms with E-state index in [4.69, 9.17) is 9.84 Å². The van der Waals surface area contributed by atoms with Crippen LogP contribution in [0.5, 0.6) is 0 Å². The van der Waals surface area contributed by atoms with Crippen LogP contribution in [0.15, 0.2) is 48.5 Å². The Bertz CT molecular complexity index is 961. The van der Waals surface area contributed by atoms with Gasteiger partial charge in [-0.1, -0.05) is 61.9 Å². The van der Waals surface area contributed by atoms with E-state index in [0.29, 0.717) is 32.4 Å². The fourth-order valence-corrected chi connectivity index (χ4v) is 4.55. The number of unbranched alkanes of at least 4 members (excludes halogenated alkanes) is 1. The van der Waals surface area contributed by atoms with Crippen LogP contribution in [0.2, 0.25) is 0 Å². The zero-order valence-electron chi connectivity index (χ0n) is 20.0. The minimum Gasteiger partial charge on any atom is -0.481 e. The third-order valence-electron chi connectivity index (χ3n) is 6.27. The third-order valence-corrected chi connectivity index (χ3v) is 6.27. The number of alkyl carbamates (subject to hydrolysis) is 1. The summed E-state index contributed by atoms with van der Waals surface area (Å²) in [6.07, 6.45) is 1.84. The average Bonchev–Trinajstić information content (AvgIpc) is 3.16. The van der Waals surface area contributed by atoms with Gasteiger partial charge in [0.2, 0.25) is 5.91 Å². The SMILES string of the molecule is CCCC(NC(=O)OCC1c2ccccc2-c2ccccc21)C(=O)N(CC)CCCCC(=O)O. The number of hydrogen-bond acceptors (Lipinski definition) is 4. The second-order valence-corrected chi connectivity index (χ2v) is 8.58. The molecule has 2 aromatic rings. The van der Waals surface area contributed by atoms with Gasteiger partial charge in [0, 0.05) is 25.4 Å². The molecule has 0 aromatic heterocycles. The summed E-state index contributed by atoms with van der Waals surface area (Å²) >= 11 is 0. The van der Waals surface area contributed by atoms with Gasteiger partial charge in [0.15, 0.2) is 0 Å². The van der Waals surface area contributed by atoms with Crippen molar-refractivity contribution in [2.75, 3.05) is 19.7 Å². The van der Waals surface area contributed by atoms with Gasteiger partial charge in [0.1, 0.15) is 12.6 Å². The molecule has 0 saturated heterocycles. The lowest BCUT2D eigenvalue weighted by Gasteiger charge is -2.27. The van der Waals surface area contributed by atoms with E-state index in [1.165, 1.54) is 0 Å². The van der Waals surface area contributed by atoms with Gasteiger partial charge >= 0.3 is 12.1 Å². The molecule has 2 N–H and O–H groups in total. The Balaban J connectivity index is 1.59. The maximum absolute atomic E-state index is 13.1. The predicted molar refractivity (Wildman–Crippen MR) is 131 cm³/mol. The summed E-state index contributed by atoms with van der Waals surface area (Å²) in [5.74, 6) is -1.04. The first-order valence-corrected chi connectivity index (χ1v) is 12.1. The lowest BCUT2D eigenvalue weighted by Crippen LogP contribution is -2.49. The van der Waals surface area contributed by atoms with Crippen molar-refractivity contribution in [3.05, 3.63) is 59.7 Å². The van der Waals surface area contributed by atoms with Gasteiger partial charge in [0.05, 0.1) is 0 Å². The van der Waals surface area contributed by atoms with E-state index in [1.54, 1.807) is 4.90 Å². The van der Waals surface area contributed by atoms with E-state index in [-0.39, 0.29) is 24.9 Å². The quantitative estimate of drug-likeness (QED) is 0.438. The predicted octanol–water partition coefficient (Wildman–Crippen LogP) is 4.80. The molecule has 0 aliphatic heterocycles. The van der Waals surface area contributed by atoms with Crippen LogP contribution in [0.4, 0.5) is 4.79 Å². The highest BCUT2D eigenvalue weighted by molar-refractivity contribution is 5.86. The van der Waals surface area contributed by atoms with Gasteiger partial charge in [-0.05, 0) is 48.4 Å². The molecule has 0 radical (unpaired) electrons. The van der Waals surface area contributed by atoms with Gasteiger partial charge < -0.3 is 20.1 Å². The van der Waals surface area contributed by atoms with Gasteiger partial charge in [-0.25, -0.2) is 4.79 Å². The molecule has 0 spiro atoms. The van der Waals surface area contributed by atoms with Gasteiger partial charge in [-0.2, -0.15) is 0 Å². The largest absolute Gasteiger partial charge is 0.481 e. The van der Waals surface area contributed by atoms with Crippen LogP contribution in [-0.4, -0.2) is 53.7 Å². The molecule has 7 heteroatoms. The summed E-state index contributed by atoms with van der Waals surface area (Å²) in [6, 6.07) is 15.6. The third kappa shape index (κ3) is 6.16. The topological polar surface area (TPSA) is 95.9 Å². The second-order valence-electron chi connectivity index (χ2n) is 8.58. The smallest absolute Gasteiger partial charge is 0.407 e. The second kappa shape index (κ2) is 12.2. The lowest BCUT2D eigenvalue weighted by atomic mass is 9.98. The Kier molecular flexibility index (Phi) is 9.08. The first-order valence-electron chi connectivity index (χ1n) is 12.1. The summed E-state index contributed by atoms with van der Waals surface area (Å²) in [5.41, 5.74) is 4.59. The van der Waals surface area contributed by atoms with Crippen molar-refractivity contribution < 1.29 is 24.2 Å². The van der Waals surface area contributed by atoms with E-state index in [1.807, 2.05) is 38.1 Å². The summed E-state index contributed by atoms with van der Waals surface area (Å²) in [5, 5.41) is 11.6. The van der Waals surface area contributed by atoms with Gasteiger partial charge in [-0.3, -0.25) is 9.59 Å². The van der Waals surface area contributed by atoms with E-state index < -0.39 is 18.1 Å². The maximum atomic E-state index is 13.1. The molecule has 1 unspecified atom stereocenters. The molecule has 0 heterocycles. The number of fused-ring (bicyclic) bond motifs is 3. The number of amides is 2. The van der Waals surface area contributed by atoms with Gasteiger partial charge in [-0.15, -0.1) is 0 Å². The van der Waals surface area contributed by atoms with Crippen molar-refractivity contribution in [1.29, 1.82) is 0 Å². The number of nitrogens with zero attached hydrogens (tertiary/aromatic N) is 1. The number of carboxylic acid groups (broad SMARTS) is 1. The number of rotatable bonds is 12. The molecule has 1 aliphatic carbocycles. The molecule has 3 rings (SSSR count). The zero-order chi connectivity index (χ0) is 24.5. The van der Waals surface area contributed by atoms with Crippen molar-refractivity contribution in [3.63, 3.8) is 0 Å². The van der Waals surface area contributed by atoms with Crippen LogP contribution in [0.3, 0.4) is 0 Å². The van der Waals surface area contributed by atoms with Crippen LogP contribution in [0.25, 0.3) is 11.1 Å². The van der Waals surface area contributed by atoms with Crippen molar-refractivity contribution in [3.8, 4) is 11.1 Å². The minimum atomic E-state index is -0.838. The highest BCUT2D eigenvalue weighted by Crippen LogP contribution is 2.44. The molecule has 2 amide bonds. The molecule has 2 aromatic carbocycles. The van der Waals surface area contributed by atoms with Gasteiger partial charge in [0.25, 0.3) is 0 Å². The fraction of sp³-hybridized carbons (Fsp3) is 0.444. The minimum absolute atomic E-state index is 0.0418. The number of likely N-dealkylation sites (N-methyl/N-ethyl adjacent to an activating group) is 1. The van der Waals surface area contributed by atoms with E-state index in [2.05, 4.69) is 29.6 Å². The van der Waals surface area contributed by atoms with E-state index >= 15 is 0 Å². The molecule has 0 bridgehead atoms. The van der Waals surface area contributed by atoms with Crippen LogP contribution in [-0.2, 0) is 14.3 Å². The Morgan fingerprint density at radius 3 is 2.18 bits per heavy atom. The highest BCUT2D eigenvalue weighted by atomic mass is 16.5.